The molecule has 3 N–H and O–H groups in total. The number of hydrogen-bond acceptors (Lipinski definition) is 3. The number of nitrogens with one attached hydrogen (secondary N) is 2. The van der Waals surface area contributed by atoms with Crippen LogP contribution in [0.2, 0.25) is 0 Å². The highest BCUT2D eigenvalue weighted by molar-refractivity contribution is 5.79. The molecule has 2 fully saturated rings. The number of aliphatic hydroxyl groups excluding tert-OH is 1. The highest BCUT2D eigenvalue weighted by Crippen LogP contribution is 2.48. The van der Waals surface area contributed by atoms with Crippen LogP contribution in [0.25, 0.3) is 0 Å². The van der Waals surface area contributed by atoms with E-state index in [2.05, 4.69) is 10.6 Å². The second-order valence-corrected chi connectivity index (χ2v) is 7.14. The number of benzene rings is 1. The van der Waals surface area contributed by atoms with Gasteiger partial charge in [-0.1, -0.05) is 30.3 Å². The van der Waals surface area contributed by atoms with E-state index in [1.54, 1.807) is 0 Å². The molecule has 5 atom stereocenters. The average Bonchev–Trinajstić information content (AvgIpc) is 3.16. The van der Waals surface area contributed by atoms with Crippen LogP contribution < -0.4 is 10.6 Å². The Bertz CT molecular complexity index is 590. The second-order valence-electron chi connectivity index (χ2n) is 7.14. The summed E-state index contributed by atoms with van der Waals surface area (Å²) in [7, 11) is 0. The molecule has 0 aliphatic heterocycles. The summed E-state index contributed by atoms with van der Waals surface area (Å²) in [4.78, 5) is 24.0. The molecule has 0 radical (unpaired) electrons. The lowest BCUT2D eigenvalue weighted by atomic mass is 9.85. The first-order chi connectivity index (χ1) is 11.6. The summed E-state index contributed by atoms with van der Waals surface area (Å²) in [6.45, 7) is 1.60. The van der Waals surface area contributed by atoms with E-state index in [-0.39, 0.29) is 42.8 Å². The molecule has 2 aliphatic carbocycles. The molecule has 5 nitrogen and oxygen atoms in total. The summed E-state index contributed by atoms with van der Waals surface area (Å²) in [6, 6.07) is 9.31. The second kappa shape index (κ2) is 7.34. The molecule has 2 amide bonds. The van der Waals surface area contributed by atoms with Crippen molar-refractivity contribution in [1.82, 2.24) is 10.6 Å². The summed E-state index contributed by atoms with van der Waals surface area (Å²) in [5.74, 6) is 1.01. The Balaban J connectivity index is 1.64. The zero-order chi connectivity index (χ0) is 17.1. The maximum Gasteiger partial charge on any atom is 0.222 e. The monoisotopic (exact) mass is 330 g/mol. The van der Waals surface area contributed by atoms with Gasteiger partial charge in [0, 0.05) is 25.5 Å². The minimum absolute atomic E-state index is 0.0615. The van der Waals surface area contributed by atoms with E-state index in [1.165, 1.54) is 13.3 Å². The quantitative estimate of drug-likeness (QED) is 0.744. The van der Waals surface area contributed by atoms with Gasteiger partial charge in [0.2, 0.25) is 11.8 Å². The molecule has 0 aromatic heterocycles. The number of carbonyl (C=O) groups is 2. The van der Waals surface area contributed by atoms with Gasteiger partial charge in [0.05, 0.1) is 12.5 Å². The van der Waals surface area contributed by atoms with Gasteiger partial charge >= 0.3 is 0 Å². The Hall–Kier alpha value is -1.88. The number of rotatable bonds is 6. The molecule has 0 saturated heterocycles. The fourth-order valence-corrected chi connectivity index (χ4v) is 4.51. The molecule has 1 aromatic carbocycles. The van der Waals surface area contributed by atoms with Gasteiger partial charge in [0.25, 0.3) is 0 Å². The Morgan fingerprint density at radius 1 is 1.21 bits per heavy atom. The van der Waals surface area contributed by atoms with E-state index >= 15 is 0 Å². The lowest BCUT2D eigenvalue weighted by molar-refractivity contribution is -0.124. The summed E-state index contributed by atoms with van der Waals surface area (Å²) in [6.07, 6.45) is 3.64. The zero-order valence-corrected chi connectivity index (χ0v) is 14.1. The third-order valence-corrected chi connectivity index (χ3v) is 5.60. The van der Waals surface area contributed by atoms with E-state index in [9.17, 15) is 14.7 Å². The van der Waals surface area contributed by atoms with E-state index < -0.39 is 0 Å². The molecule has 2 saturated carbocycles. The molecule has 5 unspecified atom stereocenters. The molecule has 24 heavy (non-hydrogen) atoms. The Labute approximate surface area is 142 Å². The van der Waals surface area contributed by atoms with Crippen LogP contribution in [0.3, 0.4) is 0 Å². The van der Waals surface area contributed by atoms with Crippen LogP contribution in [0, 0.1) is 17.8 Å². The van der Waals surface area contributed by atoms with E-state index in [0.29, 0.717) is 11.8 Å². The fraction of sp³-hybridized carbons (Fsp3) is 0.579. The van der Waals surface area contributed by atoms with Gasteiger partial charge in [-0.2, -0.15) is 0 Å². The molecule has 130 valence electrons. The molecule has 1 aromatic rings. The molecule has 0 heterocycles. The largest absolute Gasteiger partial charge is 0.396 e. The van der Waals surface area contributed by atoms with Crippen LogP contribution in [0.1, 0.15) is 44.2 Å². The van der Waals surface area contributed by atoms with Gasteiger partial charge in [0.1, 0.15) is 0 Å². The van der Waals surface area contributed by atoms with Gasteiger partial charge in [-0.15, -0.1) is 0 Å². The SMILES string of the molecule is CC(=O)NC(CC(=O)NC1C2CCC(C2)C1CO)c1ccccc1. The molecular formula is C19H26N2O3. The van der Waals surface area contributed by atoms with Crippen LogP contribution in [0.4, 0.5) is 0 Å². The van der Waals surface area contributed by atoms with Gasteiger partial charge < -0.3 is 15.7 Å². The number of aliphatic hydroxyl groups is 1. The summed E-state index contributed by atoms with van der Waals surface area (Å²) < 4.78 is 0. The van der Waals surface area contributed by atoms with Crippen molar-refractivity contribution >= 4 is 11.8 Å². The highest BCUT2D eigenvalue weighted by atomic mass is 16.3. The smallest absolute Gasteiger partial charge is 0.222 e. The maximum atomic E-state index is 12.6. The van der Waals surface area contributed by atoms with Crippen molar-refractivity contribution in [3.63, 3.8) is 0 Å². The molecule has 0 spiro atoms. The van der Waals surface area contributed by atoms with Crippen molar-refractivity contribution in [3.8, 4) is 0 Å². The van der Waals surface area contributed by atoms with Crippen molar-refractivity contribution in [1.29, 1.82) is 0 Å². The third kappa shape index (κ3) is 3.61. The van der Waals surface area contributed by atoms with Crippen molar-refractivity contribution in [2.75, 3.05) is 6.61 Å². The van der Waals surface area contributed by atoms with Crippen LogP contribution >= 0.6 is 0 Å². The summed E-state index contributed by atoms with van der Waals surface area (Å²) in [5, 5.41) is 15.6. The Kier molecular flexibility index (Phi) is 5.19. The zero-order valence-electron chi connectivity index (χ0n) is 14.1. The number of carbonyl (C=O) groups excluding carboxylic acids is 2. The summed E-state index contributed by atoms with van der Waals surface area (Å²) in [5.41, 5.74) is 0.925. The van der Waals surface area contributed by atoms with Gasteiger partial charge in [-0.05, 0) is 36.7 Å². The van der Waals surface area contributed by atoms with Crippen molar-refractivity contribution < 1.29 is 14.7 Å². The average molecular weight is 330 g/mol. The molecule has 3 rings (SSSR count). The fourth-order valence-electron chi connectivity index (χ4n) is 4.51. The van der Waals surface area contributed by atoms with Crippen LogP contribution in [-0.4, -0.2) is 29.6 Å². The summed E-state index contributed by atoms with van der Waals surface area (Å²) >= 11 is 0. The van der Waals surface area contributed by atoms with Crippen LogP contribution in [0.5, 0.6) is 0 Å². The van der Waals surface area contributed by atoms with E-state index in [1.807, 2.05) is 30.3 Å². The van der Waals surface area contributed by atoms with Crippen molar-refractivity contribution in [2.24, 2.45) is 17.8 Å². The van der Waals surface area contributed by atoms with Crippen LogP contribution in [-0.2, 0) is 9.59 Å². The van der Waals surface area contributed by atoms with Gasteiger partial charge in [-0.3, -0.25) is 9.59 Å². The van der Waals surface area contributed by atoms with E-state index in [0.717, 1.165) is 18.4 Å². The minimum Gasteiger partial charge on any atom is -0.396 e. The molecular weight excluding hydrogens is 304 g/mol. The van der Waals surface area contributed by atoms with Crippen LogP contribution in [0.15, 0.2) is 30.3 Å². The predicted octanol–water partition coefficient (Wildman–Crippen LogP) is 1.78. The highest BCUT2D eigenvalue weighted by Gasteiger charge is 2.47. The molecule has 2 bridgehead atoms. The third-order valence-electron chi connectivity index (χ3n) is 5.60. The lowest BCUT2D eigenvalue weighted by Crippen LogP contribution is -2.46. The predicted molar refractivity (Wildman–Crippen MR) is 91.0 cm³/mol. The molecule has 2 aliphatic rings. The first-order valence-corrected chi connectivity index (χ1v) is 8.80. The number of amides is 2. The Morgan fingerprint density at radius 3 is 2.58 bits per heavy atom. The number of fused-ring (bicyclic) bond motifs is 2. The normalized spacial score (nSPS) is 29.2. The topological polar surface area (TPSA) is 78.4 Å². The van der Waals surface area contributed by atoms with Gasteiger partial charge in [0.15, 0.2) is 0 Å². The minimum atomic E-state index is -0.324. The first kappa shape index (κ1) is 17.0. The first-order valence-electron chi connectivity index (χ1n) is 8.80. The Morgan fingerprint density at radius 2 is 1.92 bits per heavy atom. The van der Waals surface area contributed by atoms with Gasteiger partial charge in [-0.25, -0.2) is 0 Å². The van der Waals surface area contributed by atoms with Crippen molar-refractivity contribution in [2.45, 2.75) is 44.7 Å². The maximum absolute atomic E-state index is 12.6. The molecule has 5 heteroatoms. The standard InChI is InChI=1S/C19H26N2O3/c1-12(23)20-17(13-5-3-2-4-6-13)10-18(24)21-19-15-8-7-14(9-15)16(19)11-22/h2-6,14-17,19,22H,7-11H2,1H3,(H,20,23)(H,21,24). The van der Waals surface area contributed by atoms with Crippen molar-refractivity contribution in [3.05, 3.63) is 35.9 Å². The number of hydrogen-bond donors (Lipinski definition) is 3. The van der Waals surface area contributed by atoms with E-state index in [4.69, 9.17) is 0 Å². The lowest BCUT2D eigenvalue weighted by Gasteiger charge is -2.31.